The molecular weight excluding hydrogens is 680 g/mol. The summed E-state index contributed by atoms with van der Waals surface area (Å²) in [5.41, 5.74) is 10.8. The van der Waals surface area contributed by atoms with Gasteiger partial charge in [0, 0.05) is 46.9 Å². The Labute approximate surface area is 301 Å². The molecule has 0 aliphatic carbocycles. The van der Waals surface area contributed by atoms with E-state index in [2.05, 4.69) is 123 Å². The largest absolute Gasteiger partial charge is 0.310 e. The second-order valence-corrected chi connectivity index (χ2v) is 14.4. The number of hydrogen-bond donors (Lipinski definition) is 0. The lowest BCUT2D eigenvalue weighted by atomic mass is 9.97. The third kappa shape index (κ3) is 8.22. The van der Waals surface area contributed by atoms with E-state index in [9.17, 15) is 0 Å². The fourth-order valence-electron chi connectivity index (χ4n) is 5.54. The average Bonchev–Trinajstić information content (AvgIpc) is 3.37. The van der Waals surface area contributed by atoms with Crippen LogP contribution >= 0.6 is 57.7 Å². The first-order valence-corrected chi connectivity index (χ1v) is 17.4. The highest BCUT2D eigenvalue weighted by Crippen LogP contribution is 2.37. The van der Waals surface area contributed by atoms with Gasteiger partial charge in [-0.3, -0.25) is 0 Å². The predicted molar refractivity (Wildman–Crippen MR) is 208 cm³/mol. The van der Waals surface area contributed by atoms with Crippen LogP contribution in [0.3, 0.4) is 0 Å². The molecule has 6 rings (SSSR count). The van der Waals surface area contributed by atoms with Crippen LogP contribution in [0.15, 0.2) is 115 Å². The van der Waals surface area contributed by atoms with Crippen molar-refractivity contribution < 1.29 is 0 Å². The first-order chi connectivity index (χ1) is 22.6. The predicted octanol–water partition coefficient (Wildman–Crippen LogP) is 14.5. The molecule has 6 heteroatoms. The van der Waals surface area contributed by atoms with Crippen molar-refractivity contribution in [3.63, 3.8) is 0 Å². The zero-order chi connectivity index (χ0) is 33.1. The van der Waals surface area contributed by atoms with E-state index < -0.39 is 0 Å². The van der Waals surface area contributed by atoms with Gasteiger partial charge in [-0.2, -0.15) is 0 Å². The number of nitrogens with zero attached hydrogens (tertiary/aromatic N) is 1. The minimum Gasteiger partial charge on any atom is -0.310 e. The standard InChI is InChI=1S/C41H31Cl4NS/c1-26-6-4-8-37(16-26)46(38-9-5-7-27(2)17-38)36-13-10-29(11-14-36)12-15-41-28(3)18-39(47-41)25-40(30-19-32(42)23-33(43)20-30)31-21-34(44)24-35(45)22-31/h4-25H,1-3H3. The van der Waals surface area contributed by atoms with Crippen LogP contribution in [0.4, 0.5) is 17.1 Å². The highest BCUT2D eigenvalue weighted by atomic mass is 35.5. The van der Waals surface area contributed by atoms with E-state index >= 15 is 0 Å². The molecule has 234 valence electrons. The van der Waals surface area contributed by atoms with E-state index in [0.29, 0.717) is 20.1 Å². The van der Waals surface area contributed by atoms with Gasteiger partial charge < -0.3 is 4.90 Å². The minimum atomic E-state index is 0.560. The van der Waals surface area contributed by atoms with Crippen LogP contribution in [0, 0.1) is 20.8 Å². The van der Waals surface area contributed by atoms with Gasteiger partial charge in [0.2, 0.25) is 0 Å². The lowest BCUT2D eigenvalue weighted by Crippen LogP contribution is -2.10. The fourth-order valence-corrected chi connectivity index (χ4v) is 7.61. The van der Waals surface area contributed by atoms with Gasteiger partial charge in [0.1, 0.15) is 0 Å². The molecule has 1 aromatic heterocycles. The van der Waals surface area contributed by atoms with Gasteiger partial charge in [-0.25, -0.2) is 0 Å². The highest BCUT2D eigenvalue weighted by Gasteiger charge is 2.14. The summed E-state index contributed by atoms with van der Waals surface area (Å²) in [7, 11) is 0. The Morgan fingerprint density at radius 1 is 0.553 bits per heavy atom. The van der Waals surface area contributed by atoms with Crippen LogP contribution in [0.1, 0.15) is 43.1 Å². The zero-order valence-electron chi connectivity index (χ0n) is 26.1. The van der Waals surface area contributed by atoms with E-state index in [1.165, 1.54) is 21.6 Å². The maximum Gasteiger partial charge on any atom is 0.0464 e. The monoisotopic (exact) mass is 709 g/mol. The van der Waals surface area contributed by atoms with Crippen LogP contribution < -0.4 is 4.90 Å². The normalized spacial score (nSPS) is 11.2. The van der Waals surface area contributed by atoms with Crippen LogP contribution in [-0.4, -0.2) is 0 Å². The number of rotatable bonds is 8. The molecule has 0 bridgehead atoms. The van der Waals surface area contributed by atoms with E-state index in [4.69, 9.17) is 46.4 Å². The SMILES string of the molecule is Cc1cccc(N(c2ccc(C=Cc3sc(C=C(c4cc(Cl)cc(Cl)c4)c4cc(Cl)cc(Cl)c4)cc3C)cc2)c2cccc(C)c2)c1. The van der Waals surface area contributed by atoms with Gasteiger partial charge in [-0.15, -0.1) is 11.3 Å². The van der Waals surface area contributed by atoms with Crippen LogP contribution in [-0.2, 0) is 0 Å². The molecule has 0 aliphatic heterocycles. The first kappa shape index (κ1) is 33.2. The molecular formula is C41H31Cl4NS. The minimum absolute atomic E-state index is 0.560. The lowest BCUT2D eigenvalue weighted by molar-refractivity contribution is 1.26. The van der Waals surface area contributed by atoms with Gasteiger partial charge in [0.05, 0.1) is 0 Å². The molecule has 0 fully saturated rings. The molecule has 0 saturated carbocycles. The molecule has 47 heavy (non-hydrogen) atoms. The summed E-state index contributed by atoms with van der Waals surface area (Å²) >= 11 is 27.3. The number of thiophene rings is 1. The second-order valence-electron chi connectivity index (χ2n) is 11.5. The number of aryl methyl sites for hydroxylation is 3. The summed E-state index contributed by atoms with van der Waals surface area (Å²) < 4.78 is 0. The maximum atomic E-state index is 6.40. The number of benzene rings is 5. The summed E-state index contributed by atoms with van der Waals surface area (Å²) in [5.74, 6) is 0. The van der Waals surface area contributed by atoms with Crippen molar-refractivity contribution in [2.45, 2.75) is 20.8 Å². The van der Waals surface area contributed by atoms with E-state index in [0.717, 1.165) is 44.2 Å². The summed E-state index contributed by atoms with van der Waals surface area (Å²) in [4.78, 5) is 4.56. The topological polar surface area (TPSA) is 3.24 Å². The number of halogens is 4. The zero-order valence-corrected chi connectivity index (χ0v) is 29.9. The first-order valence-electron chi connectivity index (χ1n) is 15.1. The molecule has 5 aromatic carbocycles. The van der Waals surface area contributed by atoms with Crippen molar-refractivity contribution in [2.75, 3.05) is 4.90 Å². The van der Waals surface area contributed by atoms with Crippen molar-refractivity contribution in [1.82, 2.24) is 0 Å². The van der Waals surface area contributed by atoms with Gasteiger partial charge in [-0.05, 0) is 151 Å². The Kier molecular flexibility index (Phi) is 10.3. The van der Waals surface area contributed by atoms with Crippen LogP contribution in [0.5, 0.6) is 0 Å². The third-order valence-corrected chi connectivity index (χ3v) is 9.73. The van der Waals surface area contributed by atoms with Crippen molar-refractivity contribution >= 4 is 98.6 Å². The van der Waals surface area contributed by atoms with Gasteiger partial charge in [0.25, 0.3) is 0 Å². The Balaban J connectivity index is 1.31. The van der Waals surface area contributed by atoms with Gasteiger partial charge in [0.15, 0.2) is 0 Å². The summed E-state index contributed by atoms with van der Waals surface area (Å²) in [5, 5.41) is 2.24. The maximum absolute atomic E-state index is 6.40. The van der Waals surface area contributed by atoms with Crippen molar-refractivity contribution in [1.29, 1.82) is 0 Å². The number of anilines is 3. The summed E-state index contributed by atoms with van der Waals surface area (Å²) in [6, 6.07) is 39.1. The van der Waals surface area contributed by atoms with Crippen molar-refractivity contribution in [2.24, 2.45) is 0 Å². The Hall–Kier alpha value is -3.76. The van der Waals surface area contributed by atoms with E-state index in [1.807, 2.05) is 24.3 Å². The highest BCUT2D eigenvalue weighted by molar-refractivity contribution is 7.14. The molecule has 0 amide bonds. The van der Waals surface area contributed by atoms with Crippen LogP contribution in [0.2, 0.25) is 20.1 Å². The summed E-state index contributed by atoms with van der Waals surface area (Å²) in [6.07, 6.45) is 6.48. The smallest absolute Gasteiger partial charge is 0.0464 e. The number of hydrogen-bond acceptors (Lipinski definition) is 2. The molecule has 0 atom stereocenters. The Morgan fingerprint density at radius 3 is 1.55 bits per heavy atom. The fraction of sp³-hybridized carbons (Fsp3) is 0.0732. The quantitative estimate of drug-likeness (QED) is 0.152. The van der Waals surface area contributed by atoms with E-state index in [1.54, 1.807) is 23.5 Å². The van der Waals surface area contributed by atoms with Gasteiger partial charge >= 0.3 is 0 Å². The molecule has 0 aliphatic rings. The molecule has 0 N–H and O–H groups in total. The molecule has 0 saturated heterocycles. The van der Waals surface area contributed by atoms with Gasteiger partial charge in [-0.1, -0.05) is 88.9 Å². The summed E-state index contributed by atoms with van der Waals surface area (Å²) in [6.45, 7) is 6.38. The molecule has 0 spiro atoms. The lowest BCUT2D eigenvalue weighted by Gasteiger charge is -2.26. The molecule has 1 nitrogen and oxygen atoms in total. The third-order valence-electron chi connectivity index (χ3n) is 7.71. The van der Waals surface area contributed by atoms with Crippen LogP contribution in [0.25, 0.3) is 23.8 Å². The Morgan fingerprint density at radius 2 is 1.06 bits per heavy atom. The average molecular weight is 712 g/mol. The van der Waals surface area contributed by atoms with E-state index in [-0.39, 0.29) is 0 Å². The molecule has 0 unspecified atom stereocenters. The molecule has 0 radical (unpaired) electrons. The Bertz CT molecular complexity index is 1990. The molecule has 1 heterocycles. The molecule has 6 aromatic rings. The second kappa shape index (κ2) is 14.6. The van der Waals surface area contributed by atoms with Crippen molar-refractivity contribution in [3.05, 3.63) is 178 Å². The van der Waals surface area contributed by atoms with Crippen molar-refractivity contribution in [3.8, 4) is 0 Å².